The van der Waals surface area contributed by atoms with Crippen molar-refractivity contribution in [2.45, 2.75) is 28.9 Å². The average molecular weight is 455 g/mol. The third-order valence-electron chi connectivity index (χ3n) is 3.36. The Morgan fingerprint density at radius 2 is 1.73 bits per heavy atom. The maximum atomic E-state index is 12.6. The number of hydrogen-bond donors (Lipinski definition) is 1. The molecule has 1 atom stereocenters. The number of anilines is 1. The number of carbonyl (C=O) groups excluding carboxylic acids is 1. The van der Waals surface area contributed by atoms with E-state index in [4.69, 9.17) is 23.2 Å². The molecule has 1 N–H and O–H groups in total. The van der Waals surface area contributed by atoms with Gasteiger partial charge in [-0.1, -0.05) is 23.2 Å². The zero-order chi connectivity index (χ0) is 19.7. The van der Waals surface area contributed by atoms with Gasteiger partial charge < -0.3 is 0 Å². The zero-order valence-corrected chi connectivity index (χ0v) is 18.0. The number of hydrogen-bond acceptors (Lipinski definition) is 5. The average Bonchev–Trinajstić information content (AvgIpc) is 2.88. The third-order valence-corrected chi connectivity index (χ3v) is 9.11. The van der Waals surface area contributed by atoms with Crippen molar-refractivity contribution in [1.82, 2.24) is 0 Å². The lowest BCUT2D eigenvalue weighted by molar-refractivity contribution is 0.260. The molecule has 0 radical (unpaired) electrons. The van der Waals surface area contributed by atoms with Crippen molar-refractivity contribution in [3.63, 3.8) is 0 Å². The van der Waals surface area contributed by atoms with Crippen molar-refractivity contribution in [2.24, 2.45) is 4.36 Å². The molecule has 26 heavy (non-hydrogen) atoms. The van der Waals surface area contributed by atoms with Crippen LogP contribution < -0.4 is 5.32 Å². The van der Waals surface area contributed by atoms with E-state index in [-0.39, 0.29) is 14.9 Å². The van der Waals surface area contributed by atoms with E-state index < -0.39 is 30.8 Å². The summed E-state index contributed by atoms with van der Waals surface area (Å²) in [4.78, 5) is 12.4. The van der Waals surface area contributed by atoms with Crippen molar-refractivity contribution >= 4 is 65.1 Å². The SMILES string of the molecule is CC(C)S(=O)(=O)c1csc(NC(=O)N=[S@](C)(=O)c2ccc(Cl)cc2)c1Cl. The van der Waals surface area contributed by atoms with E-state index >= 15 is 0 Å². The molecular formula is C15H16Cl2N2O4S3. The van der Waals surface area contributed by atoms with Crippen LogP contribution in [0.15, 0.2) is 43.8 Å². The Labute approximate surface area is 166 Å². The van der Waals surface area contributed by atoms with Gasteiger partial charge in [-0.25, -0.2) is 17.4 Å². The molecule has 1 aromatic carbocycles. The first kappa shape index (κ1) is 21.2. The molecule has 2 amide bonds. The van der Waals surface area contributed by atoms with Crippen LogP contribution in [-0.4, -0.2) is 30.2 Å². The van der Waals surface area contributed by atoms with Gasteiger partial charge in [-0.3, -0.25) is 5.32 Å². The molecule has 0 bridgehead atoms. The van der Waals surface area contributed by atoms with E-state index in [2.05, 4.69) is 9.68 Å². The summed E-state index contributed by atoms with van der Waals surface area (Å²) in [6, 6.07) is 5.25. The van der Waals surface area contributed by atoms with Crippen LogP contribution in [0.25, 0.3) is 0 Å². The number of amides is 2. The number of halogens is 2. The topological polar surface area (TPSA) is 92.7 Å². The normalized spacial score (nSPS) is 14.1. The standard InChI is InChI=1S/C15H16Cl2N2O4S3/c1-9(2)26(22,23)12-8-24-14(13(12)17)18-15(20)19-25(3,21)11-6-4-10(16)5-7-11/h4-9H,1-3H3,(H,18,20)/t25-/m1/s1. The molecule has 0 aliphatic rings. The van der Waals surface area contributed by atoms with Crippen LogP contribution in [-0.2, 0) is 19.6 Å². The molecule has 2 rings (SSSR count). The predicted octanol–water partition coefficient (Wildman–Crippen LogP) is 4.93. The van der Waals surface area contributed by atoms with Gasteiger partial charge in [-0.05, 0) is 38.1 Å². The van der Waals surface area contributed by atoms with Gasteiger partial charge in [0.05, 0.1) is 24.9 Å². The summed E-state index contributed by atoms with van der Waals surface area (Å²) in [5.41, 5.74) is 0. The monoisotopic (exact) mass is 454 g/mol. The first-order valence-corrected chi connectivity index (χ1v) is 12.4. The number of nitrogens with zero attached hydrogens (tertiary/aromatic N) is 1. The summed E-state index contributed by atoms with van der Waals surface area (Å²) in [7, 11) is -6.57. The third kappa shape index (κ3) is 4.58. The Bertz CT molecular complexity index is 1050. The molecule has 0 spiro atoms. The van der Waals surface area contributed by atoms with Crippen LogP contribution in [0.2, 0.25) is 10.0 Å². The van der Waals surface area contributed by atoms with Crippen LogP contribution in [0.1, 0.15) is 13.8 Å². The van der Waals surface area contributed by atoms with E-state index in [9.17, 15) is 17.4 Å². The Morgan fingerprint density at radius 3 is 2.27 bits per heavy atom. The van der Waals surface area contributed by atoms with E-state index in [1.165, 1.54) is 37.6 Å². The summed E-state index contributed by atoms with van der Waals surface area (Å²) >= 11 is 12.8. The fraction of sp³-hybridized carbons (Fsp3) is 0.267. The fourth-order valence-electron chi connectivity index (χ4n) is 1.88. The molecule has 11 heteroatoms. The Kier molecular flexibility index (Phi) is 6.40. The van der Waals surface area contributed by atoms with Crippen molar-refractivity contribution < 1.29 is 17.4 Å². The van der Waals surface area contributed by atoms with E-state index in [0.29, 0.717) is 9.92 Å². The highest BCUT2D eigenvalue weighted by Crippen LogP contribution is 2.37. The molecule has 0 fully saturated rings. The molecule has 142 valence electrons. The lowest BCUT2D eigenvalue weighted by Crippen LogP contribution is -2.14. The molecule has 1 heterocycles. The van der Waals surface area contributed by atoms with Gasteiger partial charge in [0.15, 0.2) is 9.84 Å². The van der Waals surface area contributed by atoms with Crippen molar-refractivity contribution in [2.75, 3.05) is 11.6 Å². The van der Waals surface area contributed by atoms with Crippen LogP contribution in [0.4, 0.5) is 9.80 Å². The maximum Gasteiger partial charge on any atom is 0.354 e. The first-order chi connectivity index (χ1) is 11.9. The van der Waals surface area contributed by atoms with Crippen molar-refractivity contribution in [1.29, 1.82) is 0 Å². The lowest BCUT2D eigenvalue weighted by atomic mass is 10.4. The van der Waals surface area contributed by atoms with Crippen LogP contribution in [0.3, 0.4) is 0 Å². The molecule has 0 saturated heterocycles. The van der Waals surface area contributed by atoms with Crippen LogP contribution in [0.5, 0.6) is 0 Å². The Morgan fingerprint density at radius 1 is 1.15 bits per heavy atom. The van der Waals surface area contributed by atoms with Gasteiger partial charge in [0.1, 0.15) is 5.00 Å². The summed E-state index contributed by atoms with van der Waals surface area (Å²) in [5, 5.41) is 3.61. The minimum absolute atomic E-state index is 0.0515. The highest BCUT2D eigenvalue weighted by molar-refractivity contribution is 7.93. The smallest absolute Gasteiger partial charge is 0.296 e. The molecule has 0 unspecified atom stereocenters. The highest BCUT2D eigenvalue weighted by Gasteiger charge is 2.26. The Hall–Kier alpha value is -1.13. The van der Waals surface area contributed by atoms with Crippen molar-refractivity contribution in [3.05, 3.63) is 39.7 Å². The quantitative estimate of drug-likeness (QED) is 0.708. The molecule has 0 aliphatic carbocycles. The minimum atomic E-state index is -3.58. The number of benzene rings is 1. The summed E-state index contributed by atoms with van der Waals surface area (Å²) in [6.07, 6.45) is 1.32. The fourth-order valence-corrected chi connectivity index (χ4v) is 6.04. The number of carbonyl (C=O) groups is 1. The molecule has 1 aromatic heterocycles. The lowest BCUT2D eigenvalue weighted by Gasteiger charge is -2.07. The maximum absolute atomic E-state index is 12.6. The number of urea groups is 1. The van der Waals surface area contributed by atoms with Crippen LogP contribution >= 0.6 is 34.5 Å². The highest BCUT2D eigenvalue weighted by atomic mass is 35.5. The zero-order valence-electron chi connectivity index (χ0n) is 14.0. The molecular weight excluding hydrogens is 439 g/mol. The molecule has 0 aliphatic heterocycles. The second-order valence-electron chi connectivity index (χ2n) is 5.61. The first-order valence-electron chi connectivity index (χ1n) is 7.25. The second-order valence-corrected chi connectivity index (χ2v) is 12.0. The number of sulfone groups is 1. The van der Waals surface area contributed by atoms with Crippen molar-refractivity contribution in [3.8, 4) is 0 Å². The minimum Gasteiger partial charge on any atom is -0.296 e. The molecule has 2 aromatic rings. The van der Waals surface area contributed by atoms with E-state index in [0.717, 1.165) is 11.3 Å². The van der Waals surface area contributed by atoms with Gasteiger partial charge in [-0.2, -0.15) is 0 Å². The predicted molar refractivity (Wildman–Crippen MR) is 107 cm³/mol. The largest absolute Gasteiger partial charge is 0.354 e. The van der Waals surface area contributed by atoms with E-state index in [1.807, 2.05) is 0 Å². The number of rotatable bonds is 4. The molecule has 6 nitrogen and oxygen atoms in total. The van der Waals surface area contributed by atoms with Gasteiger partial charge in [0, 0.05) is 21.6 Å². The summed E-state index contributed by atoms with van der Waals surface area (Å²) in [6.45, 7) is 3.07. The number of thiophene rings is 1. The van der Waals surface area contributed by atoms with Crippen LogP contribution in [0, 0.1) is 0 Å². The summed E-state index contributed by atoms with van der Waals surface area (Å²) in [5.74, 6) is 0. The summed E-state index contributed by atoms with van der Waals surface area (Å²) < 4.78 is 40.8. The van der Waals surface area contributed by atoms with Gasteiger partial charge in [-0.15, -0.1) is 15.7 Å². The number of nitrogens with one attached hydrogen (secondary N) is 1. The van der Waals surface area contributed by atoms with Gasteiger partial charge >= 0.3 is 6.03 Å². The van der Waals surface area contributed by atoms with Gasteiger partial charge in [0.2, 0.25) is 0 Å². The van der Waals surface area contributed by atoms with E-state index in [1.54, 1.807) is 12.1 Å². The Balaban J connectivity index is 2.30. The second kappa shape index (κ2) is 7.85. The molecule has 0 saturated carbocycles. The van der Waals surface area contributed by atoms with Gasteiger partial charge in [0.25, 0.3) is 0 Å².